The van der Waals surface area contributed by atoms with E-state index in [4.69, 9.17) is 5.11 Å². The molecule has 146 valence electrons. The first-order chi connectivity index (χ1) is 12.7. The van der Waals surface area contributed by atoms with E-state index in [2.05, 4.69) is 5.32 Å². The molecule has 2 N–H and O–H groups in total. The van der Waals surface area contributed by atoms with E-state index in [0.29, 0.717) is 0 Å². The molecule has 1 aliphatic heterocycles. The highest BCUT2D eigenvalue weighted by atomic mass is 32.2. The molecule has 0 bridgehead atoms. The van der Waals surface area contributed by atoms with Gasteiger partial charge in [0.1, 0.15) is 15.9 Å². The van der Waals surface area contributed by atoms with Crippen LogP contribution in [0.15, 0.2) is 24.3 Å². The molecule has 0 spiro atoms. The average Bonchev–Trinajstić information content (AvgIpc) is 2.87. The van der Waals surface area contributed by atoms with Crippen LogP contribution in [0.4, 0.5) is 0 Å². The molecule has 0 fully saturated rings. The highest BCUT2D eigenvalue weighted by Gasteiger charge is 2.35. The molecule has 0 saturated carbocycles. The van der Waals surface area contributed by atoms with E-state index in [1.54, 1.807) is 12.1 Å². The first kappa shape index (κ1) is 20.6. The predicted molar refractivity (Wildman–Crippen MR) is 94.9 cm³/mol. The number of benzene rings is 1. The third-order valence-electron chi connectivity index (χ3n) is 4.23. The molecule has 1 unspecified atom stereocenters. The minimum Gasteiger partial charge on any atom is -0.480 e. The number of imide groups is 1. The van der Waals surface area contributed by atoms with Crippen LogP contribution in [0.1, 0.15) is 40.5 Å². The number of carbonyl (C=O) groups excluding carboxylic acids is 3. The predicted octanol–water partition coefficient (Wildman–Crippen LogP) is 0.0669. The SMILES string of the molecule is CCS(=O)(=O)CCC(NC(=O)CCN1C(=O)c2ccccc2C1=O)C(=O)O. The lowest BCUT2D eigenvalue weighted by atomic mass is 10.1. The fourth-order valence-corrected chi connectivity index (χ4v) is 3.50. The summed E-state index contributed by atoms with van der Waals surface area (Å²) in [4.78, 5) is 48.6. The van der Waals surface area contributed by atoms with E-state index in [1.807, 2.05) is 0 Å². The van der Waals surface area contributed by atoms with E-state index in [9.17, 15) is 27.6 Å². The van der Waals surface area contributed by atoms with Gasteiger partial charge in [0, 0.05) is 18.7 Å². The Balaban J connectivity index is 1.92. The molecule has 2 rings (SSSR count). The second-order valence-electron chi connectivity index (χ2n) is 6.04. The van der Waals surface area contributed by atoms with Gasteiger partial charge in [-0.05, 0) is 18.6 Å². The Hall–Kier alpha value is -2.75. The van der Waals surface area contributed by atoms with Crippen molar-refractivity contribution in [2.45, 2.75) is 25.8 Å². The lowest BCUT2D eigenvalue weighted by molar-refractivity contribution is -0.141. The normalized spacial score (nSPS) is 14.8. The molecular formula is C17H20N2O7S. The number of sulfone groups is 1. The lowest BCUT2D eigenvalue weighted by Crippen LogP contribution is -2.43. The van der Waals surface area contributed by atoms with Crippen LogP contribution in [0.2, 0.25) is 0 Å². The topological polar surface area (TPSA) is 138 Å². The van der Waals surface area contributed by atoms with Crippen LogP contribution in [0, 0.1) is 0 Å². The number of aliphatic carboxylic acids is 1. The monoisotopic (exact) mass is 396 g/mol. The van der Waals surface area contributed by atoms with Crippen molar-refractivity contribution in [3.63, 3.8) is 0 Å². The number of carboxylic acid groups (broad SMARTS) is 1. The number of carboxylic acids is 1. The Labute approximate surface area is 156 Å². The summed E-state index contributed by atoms with van der Waals surface area (Å²) in [7, 11) is -3.37. The zero-order valence-corrected chi connectivity index (χ0v) is 15.5. The number of fused-ring (bicyclic) bond motifs is 1. The van der Waals surface area contributed by atoms with Crippen LogP contribution < -0.4 is 5.32 Å². The molecule has 1 aromatic carbocycles. The van der Waals surface area contributed by atoms with Gasteiger partial charge in [-0.2, -0.15) is 0 Å². The molecule has 1 aromatic rings. The number of amides is 3. The molecule has 1 atom stereocenters. The minimum absolute atomic E-state index is 0.118. The maximum absolute atomic E-state index is 12.2. The average molecular weight is 396 g/mol. The molecule has 0 saturated heterocycles. The van der Waals surface area contributed by atoms with Gasteiger partial charge >= 0.3 is 5.97 Å². The van der Waals surface area contributed by atoms with Crippen LogP contribution in [-0.2, 0) is 19.4 Å². The summed E-state index contributed by atoms with van der Waals surface area (Å²) < 4.78 is 23.0. The fraction of sp³-hybridized carbons (Fsp3) is 0.412. The summed E-state index contributed by atoms with van der Waals surface area (Å²) in [5, 5.41) is 11.4. The first-order valence-electron chi connectivity index (χ1n) is 8.34. The van der Waals surface area contributed by atoms with Crippen molar-refractivity contribution >= 4 is 33.5 Å². The summed E-state index contributed by atoms with van der Waals surface area (Å²) >= 11 is 0. The molecule has 0 radical (unpaired) electrons. The second-order valence-corrected chi connectivity index (χ2v) is 8.51. The van der Waals surface area contributed by atoms with Gasteiger partial charge in [-0.3, -0.25) is 19.3 Å². The van der Waals surface area contributed by atoms with E-state index in [0.717, 1.165) is 4.90 Å². The Morgan fingerprint density at radius 1 is 1.15 bits per heavy atom. The third-order valence-corrected chi connectivity index (χ3v) is 5.97. The Morgan fingerprint density at radius 3 is 2.19 bits per heavy atom. The first-order valence-corrected chi connectivity index (χ1v) is 10.2. The molecule has 0 aliphatic carbocycles. The molecule has 1 heterocycles. The zero-order chi connectivity index (χ0) is 20.2. The molecule has 27 heavy (non-hydrogen) atoms. The molecule has 0 aromatic heterocycles. The van der Waals surface area contributed by atoms with Crippen LogP contribution in [0.3, 0.4) is 0 Å². The smallest absolute Gasteiger partial charge is 0.326 e. The van der Waals surface area contributed by atoms with Gasteiger partial charge in [-0.15, -0.1) is 0 Å². The number of nitrogens with zero attached hydrogens (tertiary/aromatic N) is 1. The van der Waals surface area contributed by atoms with Crippen LogP contribution in [0.5, 0.6) is 0 Å². The summed E-state index contributed by atoms with van der Waals surface area (Å²) in [6.07, 6.45) is -0.542. The van der Waals surface area contributed by atoms with Gasteiger partial charge in [0.25, 0.3) is 11.8 Å². The standard InChI is InChI=1S/C17H20N2O7S/c1-2-27(25,26)10-8-13(17(23)24)18-14(20)7-9-19-15(21)11-5-3-4-6-12(11)16(19)22/h3-6,13H,2,7-10H2,1H3,(H,18,20)(H,23,24). The van der Waals surface area contributed by atoms with E-state index in [1.165, 1.54) is 19.1 Å². The van der Waals surface area contributed by atoms with E-state index >= 15 is 0 Å². The van der Waals surface area contributed by atoms with Crippen molar-refractivity contribution in [2.75, 3.05) is 18.1 Å². The van der Waals surface area contributed by atoms with Crippen molar-refractivity contribution in [1.29, 1.82) is 0 Å². The quantitative estimate of drug-likeness (QED) is 0.563. The number of hydrogen-bond donors (Lipinski definition) is 2. The van der Waals surface area contributed by atoms with Gasteiger partial charge < -0.3 is 10.4 Å². The van der Waals surface area contributed by atoms with Gasteiger partial charge in [0.15, 0.2) is 0 Å². The highest BCUT2D eigenvalue weighted by molar-refractivity contribution is 7.91. The van der Waals surface area contributed by atoms with Crippen LogP contribution in [0.25, 0.3) is 0 Å². The molecular weight excluding hydrogens is 376 g/mol. The number of nitrogens with one attached hydrogen (secondary N) is 1. The maximum Gasteiger partial charge on any atom is 0.326 e. The van der Waals surface area contributed by atoms with Gasteiger partial charge in [-0.1, -0.05) is 19.1 Å². The van der Waals surface area contributed by atoms with Crippen molar-refractivity contribution in [2.24, 2.45) is 0 Å². The largest absolute Gasteiger partial charge is 0.480 e. The molecule has 9 nitrogen and oxygen atoms in total. The Kier molecular flexibility index (Phi) is 6.32. The van der Waals surface area contributed by atoms with Crippen molar-refractivity contribution < 1.29 is 32.7 Å². The Bertz CT molecular complexity index is 844. The van der Waals surface area contributed by atoms with E-state index < -0.39 is 39.6 Å². The summed E-state index contributed by atoms with van der Waals surface area (Å²) in [5.41, 5.74) is 0.521. The number of hydrogen-bond acceptors (Lipinski definition) is 6. The summed E-state index contributed by atoms with van der Waals surface area (Å²) in [6.45, 7) is 1.25. The second kappa shape index (κ2) is 8.30. The van der Waals surface area contributed by atoms with Crippen molar-refractivity contribution in [3.05, 3.63) is 35.4 Å². The van der Waals surface area contributed by atoms with Crippen molar-refractivity contribution in [3.8, 4) is 0 Å². The van der Waals surface area contributed by atoms with Crippen LogP contribution >= 0.6 is 0 Å². The van der Waals surface area contributed by atoms with Crippen LogP contribution in [-0.4, -0.2) is 66.2 Å². The summed E-state index contributed by atoms with van der Waals surface area (Å²) in [6, 6.07) is 4.93. The number of carbonyl (C=O) groups is 4. The highest BCUT2D eigenvalue weighted by Crippen LogP contribution is 2.22. The molecule has 10 heteroatoms. The number of rotatable bonds is 9. The summed E-state index contributed by atoms with van der Waals surface area (Å²) in [5.74, 6) is -3.53. The zero-order valence-electron chi connectivity index (χ0n) is 14.7. The van der Waals surface area contributed by atoms with E-state index in [-0.39, 0.29) is 42.0 Å². The van der Waals surface area contributed by atoms with Gasteiger partial charge in [0.05, 0.1) is 16.9 Å². The molecule has 1 aliphatic rings. The van der Waals surface area contributed by atoms with Gasteiger partial charge in [0.2, 0.25) is 5.91 Å². The van der Waals surface area contributed by atoms with Gasteiger partial charge in [-0.25, -0.2) is 13.2 Å². The molecule has 3 amide bonds. The Morgan fingerprint density at radius 2 is 1.70 bits per heavy atom. The lowest BCUT2D eigenvalue weighted by Gasteiger charge is -2.16. The third kappa shape index (κ3) is 4.91. The fourth-order valence-electron chi connectivity index (χ4n) is 2.62. The van der Waals surface area contributed by atoms with Crippen molar-refractivity contribution in [1.82, 2.24) is 10.2 Å². The minimum atomic E-state index is -3.37. The maximum atomic E-state index is 12.2.